The number of carboxylic acid groups (broad SMARTS) is 1. The number of carboxylic acids is 1. The second kappa shape index (κ2) is 36.0. The van der Waals surface area contributed by atoms with Crippen LogP contribution in [0.25, 0.3) is 0 Å². The Morgan fingerprint density at radius 1 is 0.551 bits per heavy atom. The maximum atomic E-state index is 14.4. The summed E-state index contributed by atoms with van der Waals surface area (Å²) in [6.07, 6.45) is -11.2. The van der Waals surface area contributed by atoms with Gasteiger partial charge < -0.3 is 114 Å². The fraction of sp³-hybridized carbons (Fsp3) is 0.894. The van der Waals surface area contributed by atoms with Gasteiger partial charge in [0.25, 0.3) is 0 Å². The van der Waals surface area contributed by atoms with Gasteiger partial charge in [0.15, 0.2) is 37.0 Å². The number of amides is 1. The smallest absolute Gasteiger partial charge is 0.332 e. The van der Waals surface area contributed by atoms with E-state index < -0.39 is 184 Å². The third-order valence-electron chi connectivity index (χ3n) is 21.3. The molecule has 8 aliphatic rings. The van der Waals surface area contributed by atoms with Crippen LogP contribution in [-0.2, 0) is 92.8 Å². The van der Waals surface area contributed by atoms with Gasteiger partial charge in [0, 0.05) is 18.9 Å². The van der Waals surface area contributed by atoms with Crippen LogP contribution in [0.2, 0.25) is 0 Å². The largest absolute Gasteiger partial charge is 0.479 e. The number of aromatic nitrogens is 6. The molecule has 27 atom stereocenters. The summed E-state index contributed by atoms with van der Waals surface area (Å²) < 4.78 is 71.7. The summed E-state index contributed by atoms with van der Waals surface area (Å²) in [4.78, 5) is 41.5. The van der Waals surface area contributed by atoms with E-state index in [-0.39, 0.29) is 63.5 Å². The monoisotopic (exact) mass is 1400 g/mol. The number of rotatable bonds is 30. The van der Waals surface area contributed by atoms with Crippen molar-refractivity contribution in [2.75, 3.05) is 19.8 Å². The van der Waals surface area contributed by atoms with Crippen molar-refractivity contribution in [3.8, 4) is 0 Å². The third-order valence-corrected chi connectivity index (χ3v) is 21.3. The number of aliphatic hydroxyl groups is 10. The molecule has 4 aliphatic carbocycles. The first-order valence-corrected chi connectivity index (χ1v) is 35.6. The molecule has 0 radical (unpaired) electrons. The Labute approximate surface area is 570 Å². The number of ketones is 1. The molecule has 12 N–H and O–H groups in total. The number of aliphatic carboxylic acids is 1. The van der Waals surface area contributed by atoms with E-state index in [4.69, 9.17) is 52.1 Å². The third kappa shape index (κ3) is 19.5. The van der Waals surface area contributed by atoms with Crippen molar-refractivity contribution in [2.45, 2.75) is 323 Å². The first-order valence-electron chi connectivity index (χ1n) is 35.6. The lowest BCUT2D eigenvalue weighted by Crippen LogP contribution is -2.67. The summed E-state index contributed by atoms with van der Waals surface area (Å²) in [7, 11) is 0. The van der Waals surface area contributed by atoms with Crippen molar-refractivity contribution in [1.82, 2.24) is 35.3 Å². The van der Waals surface area contributed by atoms with Gasteiger partial charge in [-0.2, -0.15) is 0 Å². The Morgan fingerprint density at radius 3 is 1.58 bits per heavy atom. The average molecular weight is 1400 g/mol. The van der Waals surface area contributed by atoms with Crippen LogP contribution in [0.1, 0.15) is 161 Å². The maximum absolute atomic E-state index is 14.4. The summed E-state index contributed by atoms with van der Waals surface area (Å²) in [5, 5.41) is 139. The quantitative estimate of drug-likeness (QED) is 0.0482. The Balaban J connectivity index is 0.781. The summed E-state index contributed by atoms with van der Waals surface area (Å²) >= 11 is 0. The van der Waals surface area contributed by atoms with Crippen LogP contribution in [-0.4, -0.2) is 271 Å². The lowest BCUT2D eigenvalue weighted by molar-refractivity contribution is -0.342. The highest BCUT2D eigenvalue weighted by Crippen LogP contribution is 2.41. The minimum absolute atomic E-state index is 0.0469. The van der Waals surface area contributed by atoms with Crippen molar-refractivity contribution in [3.63, 3.8) is 0 Å². The van der Waals surface area contributed by atoms with Crippen molar-refractivity contribution < 1.29 is 123 Å². The van der Waals surface area contributed by atoms with E-state index in [9.17, 15) is 70.6 Å². The predicted octanol–water partition coefficient (Wildman–Crippen LogP) is -0.197. The molecule has 2 aromatic rings. The summed E-state index contributed by atoms with van der Waals surface area (Å²) in [5.74, 6) is -3.31. The molecular weight excluding hydrogens is 1290 g/mol. The first kappa shape index (κ1) is 76.7. The molecule has 4 aliphatic heterocycles. The van der Waals surface area contributed by atoms with Gasteiger partial charge in [0.2, 0.25) is 5.91 Å². The van der Waals surface area contributed by atoms with E-state index in [2.05, 4.69) is 25.9 Å². The van der Waals surface area contributed by atoms with Crippen LogP contribution in [0, 0.1) is 29.6 Å². The Kier molecular flexibility index (Phi) is 28.1. The average Bonchev–Trinajstić information content (AvgIpc) is 0.902. The van der Waals surface area contributed by atoms with E-state index in [1.54, 1.807) is 6.92 Å². The van der Waals surface area contributed by atoms with E-state index in [0.717, 1.165) is 77.0 Å². The zero-order valence-corrected chi connectivity index (χ0v) is 56.6. The molecule has 4 saturated carbocycles. The topological polar surface area (TPSA) is 449 Å². The summed E-state index contributed by atoms with van der Waals surface area (Å²) in [6, 6.07) is -1.13. The summed E-state index contributed by atoms with van der Waals surface area (Å²) in [6.45, 7) is 5.01. The number of Topliss-reactive ketones (excluding diaryl/α,β-unsaturated/α-hetero) is 1. The zero-order valence-electron chi connectivity index (χ0n) is 56.6. The van der Waals surface area contributed by atoms with Gasteiger partial charge in [-0.05, 0) is 76.0 Å². The fourth-order valence-corrected chi connectivity index (χ4v) is 15.6. The predicted molar refractivity (Wildman–Crippen MR) is 336 cm³/mol. The van der Waals surface area contributed by atoms with Gasteiger partial charge in [-0.15, -0.1) is 10.2 Å². The second-order valence-electron chi connectivity index (χ2n) is 28.8. The Bertz CT molecular complexity index is 2780. The lowest BCUT2D eigenvalue weighted by Gasteiger charge is -2.48. The highest BCUT2D eigenvalue weighted by molar-refractivity contribution is 5.78. The van der Waals surface area contributed by atoms with Gasteiger partial charge in [-0.3, -0.25) is 9.59 Å². The number of nitrogens with one attached hydrogen (secondary N) is 1. The Hall–Kier alpha value is -3.95. The molecule has 98 heavy (non-hydrogen) atoms. The standard InChI is InChI=1S/C66H107N7O25/c1-33-13-11-19-43(58(33)97-65-56(84)54(82)50(78)35(3)90-65)93-63-42(60(52(80)46(29-74)95-63)92-45(62(86)87)23-38-17-9-6-10-18-38)24-41(76)27-72-25-39(68-70-72)31-88-32-40-26-73(71-69-40)28-48(77)67-49-61(89-22-21-37-15-7-5-8-16-37)53(81)47(30-75)96-64(49)94-44-20-12-14-34(2)59(44)98-66-57(85)55(83)51(79)36(4)91-66/h25-26,33-38,42-47,49-61,63-66,74-75,78-85H,5-24,27-32H2,1-4H3,(H,67,77)(H,86,87)/t33-,34-,35-,36-,42+,43+,44+,45-,46+,47+,49+,50+,51+,52-,53-,54+,55+,56-,57-,58+,59+,60+,61+,63+,64+,65-,66-/m0/s1. The number of hydrogen-bond donors (Lipinski definition) is 12. The molecule has 0 spiro atoms. The van der Waals surface area contributed by atoms with Crippen molar-refractivity contribution in [3.05, 3.63) is 23.8 Å². The molecule has 6 heterocycles. The fourth-order valence-electron chi connectivity index (χ4n) is 15.6. The molecule has 32 nitrogen and oxygen atoms in total. The molecule has 556 valence electrons. The minimum atomic E-state index is -1.61. The van der Waals surface area contributed by atoms with Crippen LogP contribution in [0.4, 0.5) is 0 Å². The van der Waals surface area contributed by atoms with E-state index in [0.29, 0.717) is 43.0 Å². The van der Waals surface area contributed by atoms with Gasteiger partial charge in [-0.25, -0.2) is 14.2 Å². The molecular formula is C66H107N7O25. The molecule has 0 bridgehead atoms. The van der Waals surface area contributed by atoms with Gasteiger partial charge in [-0.1, -0.05) is 101 Å². The van der Waals surface area contributed by atoms with Crippen LogP contribution in [0.5, 0.6) is 0 Å². The van der Waals surface area contributed by atoms with E-state index >= 15 is 0 Å². The molecule has 2 aromatic heterocycles. The molecule has 10 rings (SSSR count). The summed E-state index contributed by atoms with van der Waals surface area (Å²) in [5.41, 5.74) is 0.656. The number of carbonyl (C=O) groups is 3. The van der Waals surface area contributed by atoms with Crippen molar-refractivity contribution in [1.29, 1.82) is 0 Å². The molecule has 0 aromatic carbocycles. The first-order chi connectivity index (χ1) is 47.1. The van der Waals surface area contributed by atoms with Gasteiger partial charge in [0.05, 0.1) is 81.5 Å². The minimum Gasteiger partial charge on any atom is -0.479 e. The second-order valence-corrected chi connectivity index (χ2v) is 28.8. The van der Waals surface area contributed by atoms with Gasteiger partial charge in [0.1, 0.15) is 97.7 Å². The van der Waals surface area contributed by atoms with Crippen molar-refractivity contribution >= 4 is 17.7 Å². The highest BCUT2D eigenvalue weighted by Gasteiger charge is 2.54. The molecule has 32 heteroatoms. The van der Waals surface area contributed by atoms with Crippen LogP contribution >= 0.6 is 0 Å². The van der Waals surface area contributed by atoms with Crippen LogP contribution in [0.3, 0.4) is 0 Å². The van der Waals surface area contributed by atoms with Crippen molar-refractivity contribution in [2.24, 2.45) is 29.6 Å². The molecule has 1 amide bonds. The van der Waals surface area contributed by atoms with Gasteiger partial charge >= 0.3 is 5.97 Å². The molecule has 8 fully saturated rings. The highest BCUT2D eigenvalue weighted by atomic mass is 16.7. The number of nitrogens with zero attached hydrogens (tertiary/aromatic N) is 6. The molecule has 4 saturated heterocycles. The lowest BCUT2D eigenvalue weighted by atomic mass is 9.83. The number of ether oxygens (including phenoxy) is 11. The van der Waals surface area contributed by atoms with Crippen LogP contribution in [0.15, 0.2) is 12.4 Å². The number of aliphatic hydroxyl groups excluding tert-OH is 10. The number of carbonyl (C=O) groups excluding carboxylic acids is 2. The zero-order chi connectivity index (χ0) is 69.9. The number of hydrogen-bond acceptors (Lipinski definition) is 28. The molecule has 0 unspecified atom stereocenters. The maximum Gasteiger partial charge on any atom is 0.332 e. The van der Waals surface area contributed by atoms with Crippen LogP contribution < -0.4 is 5.32 Å². The SMILES string of the molecule is C[C@@H]1O[C@@H](O[C@@H]2[C@@H](C)CCC[C@H]2O[C@@H]2O[C@H](CO)[C@H](O)[C@H](O[C@@H](CC3CCCCC3)C(=O)O)[C@H]2CC(=O)Cn2cc(COCc3cn(CC(=O)N[C@H]4[C@H](O[C@@H]5CCC[C@H](C)[C@H]5O[C@@H]5O[C@@H](C)[C@@H](O)[C@@H](O)[C@@H]5O)O[C@H](CO)[C@H](O)[C@@H]4OCCC4CCCCC4)nn3)nn2)[C@@H](O)[C@H](O)[C@@H]1O. The van der Waals surface area contributed by atoms with E-state index in [1.807, 2.05) is 13.8 Å². The normalized spacial score (nSPS) is 39.7. The van der Waals surface area contributed by atoms with E-state index in [1.165, 1.54) is 35.1 Å². The Morgan fingerprint density at radius 2 is 1.05 bits per heavy atom.